The molecule has 6 heteroatoms. The molecule has 4 aromatic carbocycles. The number of nitrogens with two attached hydrogens (primary N) is 1. The highest BCUT2D eigenvalue weighted by molar-refractivity contribution is 6.33. The molecule has 3 N–H and O–H groups in total. The van der Waals surface area contributed by atoms with Gasteiger partial charge in [0.2, 0.25) is 0 Å². The largest absolute Gasteiger partial charge is 0.444 e. The van der Waals surface area contributed by atoms with Crippen LogP contribution < -0.4 is 11.1 Å². The van der Waals surface area contributed by atoms with Gasteiger partial charge >= 0.3 is 6.09 Å². The fraction of sp³-hybridized carbons (Fsp3) is 0.194. The van der Waals surface area contributed by atoms with Gasteiger partial charge in [-0.25, -0.2) is 4.79 Å². The van der Waals surface area contributed by atoms with Gasteiger partial charge in [-0.05, 0) is 93.3 Å². The van der Waals surface area contributed by atoms with Gasteiger partial charge in [-0.15, -0.1) is 0 Å². The van der Waals surface area contributed by atoms with Crippen LogP contribution in [0.1, 0.15) is 31.9 Å². The number of anilines is 2. The molecule has 4 rings (SSSR count). The standard InChI is InChI=1S/C18H20ClNO2.C13H12ClN/c1-12-6-5-7-15(19)16(12)13-8-10-14(11-9-13)20-17(21)22-18(2,3)4;1-9-3-2-4-12(14)13(9)10-5-7-11(15)8-6-10/h5-11H,1-4H3,(H,20,21);2-8H,15H2,1H3. The molecule has 0 atom stereocenters. The zero-order valence-corrected chi connectivity index (χ0v) is 23.2. The minimum absolute atomic E-state index is 0.464. The number of hydrogen-bond acceptors (Lipinski definition) is 3. The zero-order valence-electron chi connectivity index (χ0n) is 21.7. The molecule has 0 saturated carbocycles. The van der Waals surface area contributed by atoms with E-state index in [1.165, 1.54) is 5.56 Å². The Labute approximate surface area is 229 Å². The van der Waals surface area contributed by atoms with Crippen molar-refractivity contribution in [1.29, 1.82) is 0 Å². The summed E-state index contributed by atoms with van der Waals surface area (Å²) < 4.78 is 5.22. The third-order valence-electron chi connectivity index (χ3n) is 5.46. The molecule has 4 nitrogen and oxygen atoms in total. The number of aryl methyl sites for hydroxylation is 2. The number of carbonyl (C=O) groups excluding carboxylic acids is 1. The SMILES string of the molecule is Cc1cccc(Cl)c1-c1ccc(N)cc1.Cc1cccc(Cl)c1-c1ccc(NC(=O)OC(C)(C)C)cc1. The molecule has 0 aromatic heterocycles. The minimum Gasteiger partial charge on any atom is -0.444 e. The van der Waals surface area contributed by atoms with Crippen LogP contribution in [0.4, 0.5) is 16.2 Å². The van der Waals surface area contributed by atoms with E-state index in [1.54, 1.807) is 0 Å². The van der Waals surface area contributed by atoms with Crippen molar-refractivity contribution in [2.24, 2.45) is 0 Å². The number of benzene rings is 4. The summed E-state index contributed by atoms with van der Waals surface area (Å²) in [6, 6.07) is 27.0. The molecule has 0 spiro atoms. The predicted molar refractivity (Wildman–Crippen MR) is 158 cm³/mol. The van der Waals surface area contributed by atoms with E-state index in [-0.39, 0.29) is 0 Å². The van der Waals surface area contributed by atoms with Crippen LogP contribution in [-0.4, -0.2) is 11.7 Å². The Morgan fingerprint density at radius 1 is 0.730 bits per heavy atom. The first kappa shape index (κ1) is 28.1. The van der Waals surface area contributed by atoms with Crippen LogP contribution in [0.25, 0.3) is 22.3 Å². The first-order valence-corrected chi connectivity index (χ1v) is 12.7. The number of halogens is 2. The lowest BCUT2D eigenvalue weighted by Crippen LogP contribution is -2.27. The Balaban J connectivity index is 0.000000220. The summed E-state index contributed by atoms with van der Waals surface area (Å²) in [7, 11) is 0. The summed E-state index contributed by atoms with van der Waals surface area (Å²) in [6.07, 6.45) is -0.464. The number of nitrogens with one attached hydrogen (secondary N) is 1. The van der Waals surface area contributed by atoms with Crippen molar-refractivity contribution in [2.45, 2.75) is 40.2 Å². The smallest absolute Gasteiger partial charge is 0.412 e. The third kappa shape index (κ3) is 8.01. The van der Waals surface area contributed by atoms with Gasteiger partial charge in [0.1, 0.15) is 5.60 Å². The van der Waals surface area contributed by atoms with Gasteiger partial charge < -0.3 is 10.5 Å². The second-order valence-corrected chi connectivity index (χ2v) is 10.5. The molecule has 0 heterocycles. The lowest BCUT2D eigenvalue weighted by atomic mass is 10.0. The monoisotopic (exact) mass is 534 g/mol. The molecule has 0 radical (unpaired) electrons. The maximum Gasteiger partial charge on any atom is 0.412 e. The average Bonchev–Trinajstić information content (AvgIpc) is 2.80. The molecule has 192 valence electrons. The van der Waals surface area contributed by atoms with Crippen molar-refractivity contribution in [3.05, 3.63) is 106 Å². The van der Waals surface area contributed by atoms with Gasteiger partial charge in [-0.1, -0.05) is 71.7 Å². The normalized spacial score (nSPS) is 10.8. The summed E-state index contributed by atoms with van der Waals surface area (Å²) >= 11 is 12.4. The average molecular weight is 536 g/mol. The summed E-state index contributed by atoms with van der Waals surface area (Å²) in [5.41, 5.74) is 13.1. The molecule has 0 aliphatic heterocycles. The highest BCUT2D eigenvalue weighted by Crippen LogP contribution is 2.32. The Morgan fingerprint density at radius 2 is 1.16 bits per heavy atom. The summed E-state index contributed by atoms with van der Waals surface area (Å²) in [4.78, 5) is 11.7. The second-order valence-electron chi connectivity index (χ2n) is 9.69. The van der Waals surface area contributed by atoms with Crippen molar-refractivity contribution in [1.82, 2.24) is 0 Å². The molecule has 1 amide bonds. The summed E-state index contributed by atoms with van der Waals surface area (Å²) in [5, 5.41) is 4.21. The number of nitrogen functional groups attached to an aromatic ring is 1. The quantitative estimate of drug-likeness (QED) is 0.257. The van der Waals surface area contributed by atoms with E-state index in [2.05, 4.69) is 18.3 Å². The summed E-state index contributed by atoms with van der Waals surface area (Å²) in [6.45, 7) is 9.56. The number of hydrogen-bond donors (Lipinski definition) is 2. The van der Waals surface area contributed by atoms with Crippen molar-refractivity contribution >= 4 is 40.7 Å². The van der Waals surface area contributed by atoms with Crippen LogP contribution in [0.5, 0.6) is 0 Å². The Bertz CT molecular complexity index is 1320. The lowest BCUT2D eigenvalue weighted by Gasteiger charge is -2.19. The van der Waals surface area contributed by atoms with Crippen LogP contribution in [0.3, 0.4) is 0 Å². The van der Waals surface area contributed by atoms with E-state index in [9.17, 15) is 4.79 Å². The van der Waals surface area contributed by atoms with Crippen molar-refractivity contribution in [3.8, 4) is 22.3 Å². The molecule has 0 unspecified atom stereocenters. The van der Waals surface area contributed by atoms with E-state index in [0.717, 1.165) is 38.5 Å². The van der Waals surface area contributed by atoms with Crippen LogP contribution in [0.15, 0.2) is 84.9 Å². The number of amides is 1. The fourth-order valence-corrected chi connectivity index (χ4v) is 4.45. The fourth-order valence-electron chi connectivity index (χ4n) is 3.79. The van der Waals surface area contributed by atoms with Crippen LogP contribution >= 0.6 is 23.2 Å². The summed E-state index contributed by atoms with van der Waals surface area (Å²) in [5.74, 6) is 0. The molecule has 37 heavy (non-hydrogen) atoms. The minimum atomic E-state index is -0.515. The lowest BCUT2D eigenvalue weighted by molar-refractivity contribution is 0.0636. The second kappa shape index (κ2) is 12.2. The first-order valence-electron chi connectivity index (χ1n) is 11.9. The van der Waals surface area contributed by atoms with Gasteiger partial charge in [0.25, 0.3) is 0 Å². The van der Waals surface area contributed by atoms with E-state index >= 15 is 0 Å². The Hall–Kier alpha value is -3.47. The molecular weight excluding hydrogens is 503 g/mol. The van der Waals surface area contributed by atoms with Crippen molar-refractivity contribution in [3.63, 3.8) is 0 Å². The van der Waals surface area contributed by atoms with Crippen LogP contribution in [0.2, 0.25) is 10.0 Å². The van der Waals surface area contributed by atoms with Gasteiger partial charge in [0.05, 0.1) is 0 Å². The van der Waals surface area contributed by atoms with E-state index in [4.69, 9.17) is 33.7 Å². The zero-order chi connectivity index (χ0) is 27.2. The van der Waals surface area contributed by atoms with Gasteiger partial charge in [0, 0.05) is 32.5 Å². The molecule has 4 aromatic rings. The number of carbonyl (C=O) groups is 1. The van der Waals surface area contributed by atoms with Crippen LogP contribution in [0, 0.1) is 13.8 Å². The molecular formula is C31H32Cl2N2O2. The van der Waals surface area contributed by atoms with E-state index in [0.29, 0.717) is 10.7 Å². The highest BCUT2D eigenvalue weighted by atomic mass is 35.5. The molecule has 0 aliphatic rings. The topological polar surface area (TPSA) is 64.3 Å². The number of ether oxygens (including phenoxy) is 1. The van der Waals surface area contributed by atoms with Gasteiger partial charge in [-0.2, -0.15) is 0 Å². The Morgan fingerprint density at radius 3 is 1.57 bits per heavy atom. The maximum atomic E-state index is 11.7. The molecule has 0 fully saturated rings. The first-order chi connectivity index (χ1) is 17.4. The van der Waals surface area contributed by atoms with Crippen molar-refractivity contribution < 1.29 is 9.53 Å². The van der Waals surface area contributed by atoms with E-state index < -0.39 is 11.7 Å². The van der Waals surface area contributed by atoms with Crippen LogP contribution in [-0.2, 0) is 4.74 Å². The Kier molecular flexibility index (Phi) is 9.25. The molecule has 0 aliphatic carbocycles. The maximum absolute atomic E-state index is 11.7. The molecule has 0 bridgehead atoms. The van der Waals surface area contributed by atoms with E-state index in [1.807, 2.05) is 107 Å². The third-order valence-corrected chi connectivity index (χ3v) is 6.09. The molecule has 0 saturated heterocycles. The predicted octanol–water partition coefficient (Wildman–Crippen LogP) is 9.56. The van der Waals surface area contributed by atoms with Crippen molar-refractivity contribution in [2.75, 3.05) is 11.1 Å². The van der Waals surface area contributed by atoms with Gasteiger partial charge in [0.15, 0.2) is 0 Å². The highest BCUT2D eigenvalue weighted by Gasteiger charge is 2.16. The van der Waals surface area contributed by atoms with Gasteiger partial charge in [-0.3, -0.25) is 5.32 Å². The number of rotatable bonds is 3.